The number of benzene rings is 1. The van der Waals surface area contributed by atoms with Gasteiger partial charge in [0.1, 0.15) is 0 Å². The van der Waals surface area contributed by atoms with Gasteiger partial charge in [0.15, 0.2) is 0 Å². The fourth-order valence-corrected chi connectivity index (χ4v) is 2.31. The van der Waals surface area contributed by atoms with E-state index in [1.165, 1.54) is 16.8 Å². The summed E-state index contributed by atoms with van der Waals surface area (Å²) in [7, 11) is 1.94. The van der Waals surface area contributed by atoms with E-state index in [9.17, 15) is 5.11 Å². The van der Waals surface area contributed by atoms with Crippen LogP contribution in [0.1, 0.15) is 29.7 Å². The van der Waals surface area contributed by atoms with Crippen molar-refractivity contribution in [1.82, 2.24) is 9.78 Å². The summed E-state index contributed by atoms with van der Waals surface area (Å²) in [5.41, 5.74) is 3.76. The molecule has 0 bridgehead atoms. The van der Waals surface area contributed by atoms with E-state index < -0.39 is 0 Å². The first-order valence-electron chi connectivity index (χ1n) is 6.85. The Bertz CT molecular complexity index is 519. The first kappa shape index (κ1) is 13.8. The topological polar surface area (TPSA) is 38.1 Å². The summed E-state index contributed by atoms with van der Waals surface area (Å²) < 4.78 is 1.87. The summed E-state index contributed by atoms with van der Waals surface area (Å²) in [5.74, 6) is 0. The maximum atomic E-state index is 10.0. The van der Waals surface area contributed by atoms with Crippen LogP contribution in [0.15, 0.2) is 36.5 Å². The molecule has 0 spiro atoms. The second kappa shape index (κ2) is 6.53. The molecule has 2 rings (SSSR count). The van der Waals surface area contributed by atoms with Crippen LogP contribution in [0.3, 0.4) is 0 Å². The Morgan fingerprint density at radius 3 is 2.68 bits per heavy atom. The maximum absolute atomic E-state index is 10.0. The summed E-state index contributed by atoms with van der Waals surface area (Å²) in [4.78, 5) is 0. The molecule has 1 unspecified atom stereocenters. The van der Waals surface area contributed by atoms with Crippen molar-refractivity contribution in [2.45, 2.75) is 38.7 Å². The van der Waals surface area contributed by atoms with Crippen LogP contribution in [0.5, 0.6) is 0 Å². The van der Waals surface area contributed by atoms with Gasteiger partial charge in [-0.2, -0.15) is 5.10 Å². The van der Waals surface area contributed by atoms with Crippen molar-refractivity contribution in [1.29, 1.82) is 0 Å². The number of aliphatic hydroxyl groups is 1. The highest BCUT2D eigenvalue weighted by molar-refractivity contribution is 5.22. The predicted octanol–water partition coefficient (Wildman–Crippen LogP) is 2.65. The number of hydrogen-bond donors (Lipinski definition) is 1. The highest BCUT2D eigenvalue weighted by atomic mass is 16.3. The number of aliphatic hydroxyl groups excluding tert-OH is 1. The van der Waals surface area contributed by atoms with E-state index >= 15 is 0 Å². The molecule has 0 fully saturated rings. The van der Waals surface area contributed by atoms with E-state index in [0.717, 1.165) is 25.7 Å². The highest BCUT2D eigenvalue weighted by Crippen LogP contribution is 2.11. The number of nitrogens with zero attached hydrogens (tertiary/aromatic N) is 2. The second-order valence-electron chi connectivity index (χ2n) is 5.17. The Balaban J connectivity index is 1.76. The maximum Gasteiger partial charge on any atom is 0.0547 e. The number of hydrogen-bond acceptors (Lipinski definition) is 2. The molecule has 0 saturated heterocycles. The van der Waals surface area contributed by atoms with Crippen LogP contribution in [-0.4, -0.2) is 21.0 Å². The van der Waals surface area contributed by atoms with Crippen molar-refractivity contribution < 1.29 is 5.11 Å². The van der Waals surface area contributed by atoms with Crippen LogP contribution in [0.25, 0.3) is 0 Å². The van der Waals surface area contributed by atoms with E-state index in [2.05, 4.69) is 36.3 Å². The molecule has 1 aromatic heterocycles. The molecule has 0 aliphatic carbocycles. The Kier molecular flexibility index (Phi) is 4.74. The molecule has 3 heteroatoms. The van der Waals surface area contributed by atoms with Crippen LogP contribution in [0.2, 0.25) is 0 Å². The molecule has 3 nitrogen and oxygen atoms in total. The van der Waals surface area contributed by atoms with Crippen molar-refractivity contribution in [2.75, 3.05) is 0 Å². The Morgan fingerprint density at radius 2 is 2.00 bits per heavy atom. The van der Waals surface area contributed by atoms with Gasteiger partial charge in [-0.15, -0.1) is 0 Å². The molecule has 2 aromatic rings. The number of aromatic nitrogens is 2. The van der Waals surface area contributed by atoms with E-state index in [1.807, 2.05) is 17.8 Å². The zero-order valence-corrected chi connectivity index (χ0v) is 11.7. The number of rotatable bonds is 6. The Labute approximate surface area is 114 Å². The van der Waals surface area contributed by atoms with Crippen molar-refractivity contribution in [3.05, 3.63) is 53.3 Å². The fraction of sp³-hybridized carbons (Fsp3) is 0.438. The molecule has 1 N–H and O–H groups in total. The summed E-state index contributed by atoms with van der Waals surface area (Å²) in [6, 6.07) is 10.5. The van der Waals surface area contributed by atoms with Gasteiger partial charge in [-0.05, 0) is 44.2 Å². The lowest BCUT2D eigenvalue weighted by atomic mass is 10.0. The van der Waals surface area contributed by atoms with Gasteiger partial charge in [0.25, 0.3) is 0 Å². The summed E-state index contributed by atoms with van der Waals surface area (Å²) in [5, 5.41) is 14.2. The lowest BCUT2D eigenvalue weighted by molar-refractivity contribution is 0.154. The van der Waals surface area contributed by atoms with Gasteiger partial charge >= 0.3 is 0 Å². The van der Waals surface area contributed by atoms with Crippen molar-refractivity contribution in [3.8, 4) is 0 Å². The van der Waals surface area contributed by atoms with Crippen molar-refractivity contribution in [3.63, 3.8) is 0 Å². The van der Waals surface area contributed by atoms with Crippen LogP contribution in [-0.2, 0) is 19.9 Å². The zero-order valence-electron chi connectivity index (χ0n) is 11.7. The lowest BCUT2D eigenvalue weighted by Crippen LogP contribution is -2.11. The molecular weight excluding hydrogens is 236 g/mol. The lowest BCUT2D eigenvalue weighted by Gasteiger charge is -2.11. The third-order valence-electron chi connectivity index (χ3n) is 3.50. The normalized spacial score (nSPS) is 12.6. The van der Waals surface area contributed by atoms with E-state index in [4.69, 9.17) is 0 Å². The molecule has 0 amide bonds. The molecular formula is C16H22N2O. The van der Waals surface area contributed by atoms with E-state index in [1.54, 1.807) is 6.20 Å². The van der Waals surface area contributed by atoms with Crippen LogP contribution in [0.4, 0.5) is 0 Å². The van der Waals surface area contributed by atoms with Crippen LogP contribution in [0, 0.1) is 6.92 Å². The predicted molar refractivity (Wildman–Crippen MR) is 77.0 cm³/mol. The van der Waals surface area contributed by atoms with Gasteiger partial charge in [-0.3, -0.25) is 4.68 Å². The van der Waals surface area contributed by atoms with Gasteiger partial charge in [-0.25, -0.2) is 0 Å². The molecule has 0 aliphatic heterocycles. The second-order valence-corrected chi connectivity index (χ2v) is 5.17. The van der Waals surface area contributed by atoms with Crippen LogP contribution < -0.4 is 0 Å². The molecule has 102 valence electrons. The molecule has 1 aromatic carbocycles. The Hall–Kier alpha value is -1.61. The summed E-state index contributed by atoms with van der Waals surface area (Å²) in [6.45, 7) is 2.10. The monoisotopic (exact) mass is 258 g/mol. The SMILES string of the molecule is Cc1cccc(CCC(O)CCc2ccnn2C)c1. The largest absolute Gasteiger partial charge is 0.393 e. The minimum atomic E-state index is -0.240. The third kappa shape index (κ3) is 4.21. The summed E-state index contributed by atoms with van der Waals surface area (Å²) in [6.07, 6.45) is 5.00. The smallest absolute Gasteiger partial charge is 0.0547 e. The van der Waals surface area contributed by atoms with Gasteiger partial charge in [0, 0.05) is 18.9 Å². The molecule has 19 heavy (non-hydrogen) atoms. The first-order chi connectivity index (χ1) is 9.15. The van der Waals surface area contributed by atoms with Crippen LogP contribution >= 0.6 is 0 Å². The Morgan fingerprint density at radius 1 is 1.21 bits per heavy atom. The van der Waals surface area contributed by atoms with Gasteiger partial charge in [0.2, 0.25) is 0 Å². The summed E-state index contributed by atoms with van der Waals surface area (Å²) >= 11 is 0. The molecule has 0 saturated carbocycles. The van der Waals surface area contributed by atoms with E-state index in [0.29, 0.717) is 0 Å². The van der Waals surface area contributed by atoms with Gasteiger partial charge < -0.3 is 5.11 Å². The minimum absolute atomic E-state index is 0.240. The van der Waals surface area contributed by atoms with E-state index in [-0.39, 0.29) is 6.10 Å². The van der Waals surface area contributed by atoms with Gasteiger partial charge in [-0.1, -0.05) is 29.8 Å². The highest BCUT2D eigenvalue weighted by Gasteiger charge is 2.07. The molecule has 1 heterocycles. The van der Waals surface area contributed by atoms with Crippen molar-refractivity contribution in [2.24, 2.45) is 7.05 Å². The fourth-order valence-electron chi connectivity index (χ4n) is 2.31. The quantitative estimate of drug-likeness (QED) is 0.865. The average Bonchev–Trinajstić information content (AvgIpc) is 2.80. The minimum Gasteiger partial charge on any atom is -0.393 e. The standard InChI is InChI=1S/C16H22N2O/c1-13-4-3-5-14(12-13)6-8-16(19)9-7-15-10-11-17-18(15)2/h3-5,10-12,16,19H,6-9H2,1-2H3. The van der Waals surface area contributed by atoms with Gasteiger partial charge in [0.05, 0.1) is 6.10 Å². The first-order valence-corrected chi connectivity index (χ1v) is 6.85. The number of aryl methyl sites for hydroxylation is 4. The molecule has 0 aliphatic rings. The molecule has 1 atom stereocenters. The average molecular weight is 258 g/mol. The zero-order chi connectivity index (χ0) is 13.7. The third-order valence-corrected chi connectivity index (χ3v) is 3.50. The molecule has 0 radical (unpaired) electrons. The van der Waals surface area contributed by atoms with Crippen molar-refractivity contribution >= 4 is 0 Å².